The van der Waals surface area contributed by atoms with E-state index < -0.39 is 37.8 Å². The first-order valence-corrected chi connectivity index (χ1v) is 17.0. The highest BCUT2D eigenvalue weighted by Crippen LogP contribution is 2.41. The van der Waals surface area contributed by atoms with Gasteiger partial charge in [-0.05, 0) is 55.6 Å². The SMILES string of the molecule is CC(C)(C)OC(=O)N[C@@H](COC(c1ccccc1)(c1ccccc1)c1ccccc1)[C@@H](C=O)O[Si](C)(C)C(C)(C)C. The number of hydrogen-bond donors (Lipinski definition) is 1. The van der Waals surface area contributed by atoms with Gasteiger partial charge in [0.1, 0.15) is 23.6 Å². The molecule has 3 rings (SSSR count). The summed E-state index contributed by atoms with van der Waals surface area (Å²) in [6.07, 6.45) is -0.814. The average Bonchev–Trinajstić information content (AvgIpc) is 2.91. The molecule has 0 saturated heterocycles. The third-order valence-electron chi connectivity index (χ3n) is 7.49. The maximum atomic E-state index is 13.0. The van der Waals surface area contributed by atoms with Crippen molar-refractivity contribution in [3.8, 4) is 0 Å². The molecule has 0 aliphatic carbocycles. The number of aldehydes is 1. The van der Waals surface area contributed by atoms with Crippen LogP contribution in [0.3, 0.4) is 0 Å². The standard InChI is InChI=1S/C34H45NO5Si/c1-32(2,3)39-31(37)35-29(30(24-36)40-41(7,8)33(4,5)6)25-38-34(26-18-12-9-13-19-26,27-20-14-10-15-21-27)28-22-16-11-17-23-28/h9-24,29-30H,25H2,1-8H3,(H,35,37)/t29-,30+/m0/s1. The molecule has 6 nitrogen and oxygen atoms in total. The number of hydrogen-bond acceptors (Lipinski definition) is 5. The van der Waals surface area contributed by atoms with Crippen LogP contribution < -0.4 is 5.32 Å². The van der Waals surface area contributed by atoms with E-state index in [9.17, 15) is 9.59 Å². The van der Waals surface area contributed by atoms with Crippen molar-refractivity contribution in [2.75, 3.05) is 6.61 Å². The quantitative estimate of drug-likeness (QED) is 0.146. The first kappa shape index (κ1) is 32.3. The van der Waals surface area contributed by atoms with Crippen molar-refractivity contribution in [2.45, 2.75) is 83.0 Å². The average molecular weight is 576 g/mol. The van der Waals surface area contributed by atoms with Crippen LogP contribution in [-0.2, 0) is 24.3 Å². The highest BCUT2D eigenvalue weighted by Gasteiger charge is 2.43. The van der Waals surface area contributed by atoms with Gasteiger partial charge in [0.25, 0.3) is 0 Å². The van der Waals surface area contributed by atoms with Gasteiger partial charge in [0.15, 0.2) is 8.32 Å². The third kappa shape index (κ3) is 8.15. The van der Waals surface area contributed by atoms with Crippen molar-refractivity contribution in [1.29, 1.82) is 0 Å². The maximum Gasteiger partial charge on any atom is 0.408 e. The Hall–Kier alpha value is -3.26. The Morgan fingerprint density at radius 1 is 0.780 bits per heavy atom. The van der Waals surface area contributed by atoms with Crippen LogP contribution in [0.25, 0.3) is 0 Å². The van der Waals surface area contributed by atoms with Crippen LogP contribution in [0.1, 0.15) is 58.2 Å². The molecule has 0 aliphatic rings. The first-order valence-electron chi connectivity index (χ1n) is 14.1. The number of carbonyl (C=O) groups excluding carboxylic acids is 2. The maximum absolute atomic E-state index is 13.0. The van der Waals surface area contributed by atoms with Crippen LogP contribution in [0.5, 0.6) is 0 Å². The highest BCUT2D eigenvalue weighted by atomic mass is 28.4. The van der Waals surface area contributed by atoms with E-state index in [2.05, 4.69) is 39.2 Å². The Morgan fingerprint density at radius 3 is 1.54 bits per heavy atom. The fourth-order valence-corrected chi connectivity index (χ4v) is 5.64. The van der Waals surface area contributed by atoms with Gasteiger partial charge in [-0.25, -0.2) is 4.79 Å². The Balaban J connectivity index is 2.11. The van der Waals surface area contributed by atoms with Crippen molar-refractivity contribution in [3.05, 3.63) is 108 Å². The molecule has 0 heterocycles. The van der Waals surface area contributed by atoms with Gasteiger partial charge in [-0.1, -0.05) is 112 Å². The smallest absolute Gasteiger partial charge is 0.408 e. The zero-order valence-electron chi connectivity index (χ0n) is 25.6. The molecule has 0 bridgehead atoms. The Morgan fingerprint density at radius 2 is 1.20 bits per heavy atom. The summed E-state index contributed by atoms with van der Waals surface area (Å²) < 4.78 is 19.1. The lowest BCUT2D eigenvalue weighted by Crippen LogP contribution is -2.55. The zero-order valence-corrected chi connectivity index (χ0v) is 26.6. The summed E-state index contributed by atoms with van der Waals surface area (Å²) in [6, 6.07) is 29.1. The molecule has 1 N–H and O–H groups in total. The predicted octanol–water partition coefficient (Wildman–Crippen LogP) is 7.48. The molecule has 0 fully saturated rings. The molecule has 0 saturated carbocycles. The van der Waals surface area contributed by atoms with Gasteiger partial charge < -0.3 is 24.0 Å². The molecule has 0 aliphatic heterocycles. The molecule has 1 amide bonds. The molecule has 2 atom stereocenters. The van der Waals surface area contributed by atoms with Gasteiger partial charge in [-0.15, -0.1) is 0 Å². The second-order valence-corrected chi connectivity index (χ2v) is 17.6. The van der Waals surface area contributed by atoms with E-state index in [1.54, 1.807) is 20.8 Å². The summed E-state index contributed by atoms with van der Waals surface area (Å²) in [5.41, 5.74) is 1.01. The Bertz CT molecular complexity index is 1150. The largest absolute Gasteiger partial charge is 0.444 e. The van der Waals surface area contributed by atoms with Crippen LogP contribution in [0.4, 0.5) is 4.79 Å². The number of alkyl carbamates (subject to hydrolysis) is 1. The number of carbonyl (C=O) groups is 2. The fraction of sp³-hybridized carbons (Fsp3) is 0.412. The van der Waals surface area contributed by atoms with E-state index in [1.807, 2.05) is 91.0 Å². The molecule has 0 radical (unpaired) electrons. The topological polar surface area (TPSA) is 73.9 Å². The van der Waals surface area contributed by atoms with Crippen molar-refractivity contribution in [3.63, 3.8) is 0 Å². The van der Waals surface area contributed by atoms with E-state index >= 15 is 0 Å². The molecule has 7 heteroatoms. The molecule has 0 spiro atoms. The van der Waals surface area contributed by atoms with Crippen molar-refractivity contribution in [1.82, 2.24) is 5.32 Å². The lowest BCUT2D eigenvalue weighted by molar-refractivity contribution is -0.117. The lowest BCUT2D eigenvalue weighted by Gasteiger charge is -2.41. The minimum absolute atomic E-state index is 0.0179. The molecule has 0 unspecified atom stereocenters. The van der Waals surface area contributed by atoms with Crippen LogP contribution in [-0.4, -0.2) is 45.1 Å². The molecule has 41 heavy (non-hydrogen) atoms. The zero-order chi connectivity index (χ0) is 30.3. The van der Waals surface area contributed by atoms with Crippen molar-refractivity contribution >= 4 is 20.7 Å². The van der Waals surface area contributed by atoms with E-state index in [0.717, 1.165) is 23.0 Å². The van der Waals surface area contributed by atoms with Gasteiger partial charge >= 0.3 is 6.09 Å². The molecule has 3 aromatic rings. The van der Waals surface area contributed by atoms with Gasteiger partial charge in [-0.3, -0.25) is 0 Å². The van der Waals surface area contributed by atoms with Crippen LogP contribution in [0.15, 0.2) is 91.0 Å². The Labute approximate surface area is 246 Å². The molecular formula is C34H45NO5Si. The number of rotatable bonds is 11. The summed E-state index contributed by atoms with van der Waals surface area (Å²) in [5, 5.41) is 2.76. The van der Waals surface area contributed by atoms with Gasteiger partial charge in [0.2, 0.25) is 0 Å². The van der Waals surface area contributed by atoms with Crippen molar-refractivity contribution < 1.29 is 23.5 Å². The van der Waals surface area contributed by atoms with Crippen LogP contribution in [0, 0.1) is 0 Å². The molecule has 0 aromatic heterocycles. The van der Waals surface area contributed by atoms with E-state index in [4.69, 9.17) is 13.9 Å². The lowest BCUT2D eigenvalue weighted by atomic mass is 9.80. The minimum atomic E-state index is -2.40. The highest BCUT2D eigenvalue weighted by molar-refractivity contribution is 6.74. The van der Waals surface area contributed by atoms with E-state index in [1.165, 1.54) is 0 Å². The number of nitrogens with one attached hydrogen (secondary N) is 1. The van der Waals surface area contributed by atoms with Crippen molar-refractivity contribution in [2.24, 2.45) is 0 Å². The van der Waals surface area contributed by atoms with Gasteiger partial charge in [-0.2, -0.15) is 0 Å². The summed E-state index contributed by atoms with van der Waals surface area (Å²) in [7, 11) is -2.40. The fourth-order valence-electron chi connectivity index (χ4n) is 4.38. The van der Waals surface area contributed by atoms with E-state index in [0.29, 0.717) is 0 Å². The second-order valence-electron chi connectivity index (χ2n) is 12.8. The molecule has 220 valence electrons. The second kappa shape index (κ2) is 13.1. The van der Waals surface area contributed by atoms with Crippen LogP contribution >= 0.6 is 0 Å². The van der Waals surface area contributed by atoms with Gasteiger partial charge in [0.05, 0.1) is 12.6 Å². The summed E-state index contributed by atoms with van der Waals surface area (Å²) in [6.45, 7) is 15.9. The normalized spacial score (nSPS) is 14.1. The van der Waals surface area contributed by atoms with E-state index in [-0.39, 0.29) is 11.6 Å². The minimum Gasteiger partial charge on any atom is -0.444 e. The Kier molecular flexibility index (Phi) is 10.3. The molecule has 3 aromatic carbocycles. The predicted molar refractivity (Wildman–Crippen MR) is 166 cm³/mol. The van der Waals surface area contributed by atoms with Gasteiger partial charge in [0, 0.05) is 0 Å². The summed E-state index contributed by atoms with van der Waals surface area (Å²) in [5.74, 6) is 0. The third-order valence-corrected chi connectivity index (χ3v) is 12.0. The van der Waals surface area contributed by atoms with Crippen LogP contribution in [0.2, 0.25) is 18.1 Å². The number of ether oxygens (including phenoxy) is 2. The first-order chi connectivity index (χ1) is 19.2. The summed E-state index contributed by atoms with van der Waals surface area (Å²) >= 11 is 0. The number of benzene rings is 3. The summed E-state index contributed by atoms with van der Waals surface area (Å²) in [4.78, 5) is 25.6. The molecular weight excluding hydrogens is 530 g/mol. The monoisotopic (exact) mass is 575 g/mol. The number of amides is 1.